The smallest absolute Gasteiger partial charge is 0.276 e. The van der Waals surface area contributed by atoms with Crippen LogP contribution in [0.25, 0.3) is 5.78 Å². The van der Waals surface area contributed by atoms with E-state index in [9.17, 15) is 9.59 Å². The number of benzene rings is 1. The number of nitriles is 1. The van der Waals surface area contributed by atoms with E-state index in [1.807, 2.05) is 20.8 Å². The third-order valence-electron chi connectivity index (χ3n) is 5.00. The lowest BCUT2D eigenvalue weighted by Crippen LogP contribution is -2.34. The van der Waals surface area contributed by atoms with E-state index >= 15 is 0 Å². The van der Waals surface area contributed by atoms with Crippen molar-refractivity contribution in [2.45, 2.75) is 53.5 Å². The first-order valence-corrected chi connectivity index (χ1v) is 10.1. The lowest BCUT2D eigenvalue weighted by molar-refractivity contribution is -0.121. The van der Waals surface area contributed by atoms with Crippen molar-refractivity contribution >= 4 is 17.6 Å². The van der Waals surface area contributed by atoms with E-state index in [1.54, 1.807) is 24.3 Å². The highest BCUT2D eigenvalue weighted by molar-refractivity contribution is 5.93. The maximum atomic E-state index is 12.9. The van der Waals surface area contributed by atoms with Gasteiger partial charge in [-0.2, -0.15) is 14.8 Å². The van der Waals surface area contributed by atoms with Crippen molar-refractivity contribution in [3.05, 3.63) is 57.0 Å². The number of rotatable bonds is 7. The maximum Gasteiger partial charge on any atom is 0.277 e. The van der Waals surface area contributed by atoms with E-state index in [0.29, 0.717) is 23.2 Å². The molecule has 0 aliphatic rings. The van der Waals surface area contributed by atoms with Crippen LogP contribution in [0.1, 0.15) is 56.0 Å². The molecule has 8 heteroatoms. The zero-order valence-corrected chi connectivity index (χ0v) is 17.8. The van der Waals surface area contributed by atoms with Gasteiger partial charge in [0.15, 0.2) is 0 Å². The SMILES string of the molecule is CCCCc1c(C)nc2nc(N(Cc3ccc(C#N)cc3)C(=O)C(C)C)[nH]n2c1=O. The molecular formula is C22H26N6O2. The molecular weight excluding hydrogens is 380 g/mol. The van der Waals surface area contributed by atoms with Crippen LogP contribution in [-0.2, 0) is 17.8 Å². The number of amides is 1. The largest absolute Gasteiger partial charge is 0.277 e. The van der Waals surface area contributed by atoms with Crippen LogP contribution in [-0.4, -0.2) is 25.5 Å². The minimum Gasteiger partial charge on any atom is -0.276 e. The van der Waals surface area contributed by atoms with E-state index in [4.69, 9.17) is 5.26 Å². The first kappa shape index (κ1) is 21.2. The van der Waals surface area contributed by atoms with Crippen LogP contribution < -0.4 is 10.5 Å². The highest BCUT2D eigenvalue weighted by atomic mass is 16.2. The zero-order chi connectivity index (χ0) is 21.8. The van der Waals surface area contributed by atoms with Crippen molar-refractivity contribution in [2.75, 3.05) is 4.90 Å². The van der Waals surface area contributed by atoms with Crippen molar-refractivity contribution in [3.63, 3.8) is 0 Å². The third kappa shape index (κ3) is 4.25. The summed E-state index contributed by atoms with van der Waals surface area (Å²) in [6.45, 7) is 7.78. The summed E-state index contributed by atoms with van der Waals surface area (Å²) in [5.74, 6) is 0.126. The second-order valence-corrected chi connectivity index (χ2v) is 7.65. The van der Waals surface area contributed by atoms with Gasteiger partial charge in [-0.1, -0.05) is 39.3 Å². The van der Waals surface area contributed by atoms with E-state index in [0.717, 1.165) is 18.4 Å². The van der Waals surface area contributed by atoms with Crippen molar-refractivity contribution in [3.8, 4) is 6.07 Å². The van der Waals surface area contributed by atoms with Crippen LogP contribution in [0.4, 0.5) is 5.95 Å². The summed E-state index contributed by atoms with van der Waals surface area (Å²) >= 11 is 0. The molecule has 1 aromatic carbocycles. The number of carbonyl (C=O) groups is 1. The van der Waals surface area contributed by atoms with Crippen molar-refractivity contribution in [1.82, 2.24) is 19.6 Å². The van der Waals surface area contributed by atoms with Gasteiger partial charge in [0.05, 0.1) is 23.9 Å². The number of hydrogen-bond donors (Lipinski definition) is 1. The predicted molar refractivity (Wildman–Crippen MR) is 114 cm³/mol. The number of nitrogens with zero attached hydrogens (tertiary/aromatic N) is 5. The zero-order valence-electron chi connectivity index (χ0n) is 17.8. The number of unbranched alkanes of at least 4 members (excludes halogenated alkanes) is 1. The molecule has 0 unspecified atom stereocenters. The van der Waals surface area contributed by atoms with Crippen LogP contribution in [0, 0.1) is 24.2 Å². The van der Waals surface area contributed by atoms with Gasteiger partial charge in [0.1, 0.15) is 0 Å². The Morgan fingerprint density at radius 3 is 2.57 bits per heavy atom. The molecule has 0 radical (unpaired) electrons. The summed E-state index contributed by atoms with van der Waals surface area (Å²) in [6.07, 6.45) is 2.55. The Morgan fingerprint density at radius 2 is 1.97 bits per heavy atom. The second kappa shape index (κ2) is 8.91. The Balaban J connectivity index is 2.04. The molecule has 0 aliphatic heterocycles. The molecule has 0 saturated heterocycles. The number of aromatic nitrogens is 4. The van der Waals surface area contributed by atoms with Gasteiger partial charge in [0.2, 0.25) is 11.9 Å². The molecule has 2 aromatic heterocycles. The second-order valence-electron chi connectivity index (χ2n) is 7.65. The fourth-order valence-corrected chi connectivity index (χ4v) is 3.24. The Hall–Kier alpha value is -3.47. The molecule has 3 rings (SSSR count). The molecule has 0 atom stereocenters. The number of aromatic amines is 1. The molecule has 0 spiro atoms. The number of H-pyrrole nitrogens is 1. The monoisotopic (exact) mass is 406 g/mol. The van der Waals surface area contributed by atoms with E-state index in [-0.39, 0.29) is 35.7 Å². The molecule has 156 valence electrons. The van der Waals surface area contributed by atoms with Gasteiger partial charge in [0, 0.05) is 11.5 Å². The molecule has 1 N–H and O–H groups in total. The maximum absolute atomic E-state index is 12.9. The first-order chi connectivity index (χ1) is 14.3. The third-order valence-corrected chi connectivity index (χ3v) is 5.00. The molecule has 0 fully saturated rings. The molecule has 0 saturated carbocycles. The number of nitrogens with one attached hydrogen (secondary N) is 1. The number of aryl methyl sites for hydroxylation is 1. The van der Waals surface area contributed by atoms with Gasteiger partial charge in [-0.05, 0) is 37.5 Å². The van der Waals surface area contributed by atoms with Crippen LogP contribution >= 0.6 is 0 Å². The van der Waals surface area contributed by atoms with Crippen molar-refractivity contribution in [1.29, 1.82) is 5.26 Å². The molecule has 0 bridgehead atoms. The minimum absolute atomic E-state index is 0.130. The minimum atomic E-state index is -0.261. The van der Waals surface area contributed by atoms with Gasteiger partial charge in [-0.3, -0.25) is 19.6 Å². The van der Waals surface area contributed by atoms with Gasteiger partial charge < -0.3 is 0 Å². The lowest BCUT2D eigenvalue weighted by Gasteiger charge is -2.21. The molecule has 1 amide bonds. The van der Waals surface area contributed by atoms with Gasteiger partial charge >= 0.3 is 0 Å². The summed E-state index contributed by atoms with van der Waals surface area (Å²) in [5.41, 5.74) is 2.55. The highest BCUT2D eigenvalue weighted by Crippen LogP contribution is 2.18. The number of carbonyl (C=O) groups excluding carboxylic acids is 1. The quantitative estimate of drug-likeness (QED) is 0.649. The van der Waals surface area contributed by atoms with E-state index in [1.165, 1.54) is 9.42 Å². The van der Waals surface area contributed by atoms with Crippen molar-refractivity contribution < 1.29 is 4.79 Å². The van der Waals surface area contributed by atoms with Crippen LogP contribution in [0.3, 0.4) is 0 Å². The predicted octanol–water partition coefficient (Wildman–Crippen LogP) is 3.13. The summed E-state index contributed by atoms with van der Waals surface area (Å²) in [7, 11) is 0. The van der Waals surface area contributed by atoms with E-state index in [2.05, 4.69) is 28.1 Å². The summed E-state index contributed by atoms with van der Waals surface area (Å²) in [4.78, 5) is 36.3. The molecule has 3 aromatic rings. The normalized spacial score (nSPS) is 11.1. The fourth-order valence-electron chi connectivity index (χ4n) is 3.24. The lowest BCUT2D eigenvalue weighted by atomic mass is 10.1. The number of anilines is 1. The average molecular weight is 406 g/mol. The van der Waals surface area contributed by atoms with E-state index < -0.39 is 0 Å². The fraction of sp³-hybridized carbons (Fsp3) is 0.409. The molecule has 30 heavy (non-hydrogen) atoms. The van der Waals surface area contributed by atoms with Gasteiger partial charge in [-0.15, -0.1) is 0 Å². The molecule has 0 aliphatic carbocycles. The molecule has 2 heterocycles. The van der Waals surface area contributed by atoms with Gasteiger partial charge in [0.25, 0.3) is 11.3 Å². The number of fused-ring (bicyclic) bond motifs is 1. The van der Waals surface area contributed by atoms with Gasteiger partial charge in [-0.25, -0.2) is 4.98 Å². The average Bonchev–Trinajstić information content (AvgIpc) is 3.15. The highest BCUT2D eigenvalue weighted by Gasteiger charge is 2.24. The van der Waals surface area contributed by atoms with Crippen LogP contribution in [0.15, 0.2) is 29.1 Å². The molecule has 8 nitrogen and oxygen atoms in total. The number of hydrogen-bond acceptors (Lipinski definition) is 5. The Kier molecular flexibility index (Phi) is 6.31. The van der Waals surface area contributed by atoms with Crippen molar-refractivity contribution in [2.24, 2.45) is 5.92 Å². The Labute approximate surface area is 175 Å². The summed E-state index contributed by atoms with van der Waals surface area (Å²) < 4.78 is 1.31. The summed E-state index contributed by atoms with van der Waals surface area (Å²) in [6, 6.07) is 9.11. The standard InChI is InChI=1S/C22H26N6O2/c1-5-6-7-18-15(4)24-21-25-22(26-28(21)20(18)30)27(19(29)14(2)3)13-17-10-8-16(12-23)9-11-17/h8-11,14H,5-7,13H2,1-4H3,(H,24,25,26). The van der Waals surface area contributed by atoms with Crippen LogP contribution in [0.5, 0.6) is 0 Å². The first-order valence-electron chi connectivity index (χ1n) is 10.1. The van der Waals surface area contributed by atoms with Crippen LogP contribution in [0.2, 0.25) is 0 Å². The topological polar surface area (TPSA) is 107 Å². The summed E-state index contributed by atoms with van der Waals surface area (Å²) in [5, 5.41) is 12.0. The Morgan fingerprint density at radius 1 is 1.27 bits per heavy atom. The Bertz CT molecular complexity index is 1150.